The molecule has 2 aromatic carbocycles. The summed E-state index contributed by atoms with van der Waals surface area (Å²) in [5.41, 5.74) is 4.39. The van der Waals surface area contributed by atoms with Gasteiger partial charge in [-0.15, -0.1) is 0 Å². The Morgan fingerprint density at radius 2 is 1.73 bits per heavy atom. The van der Waals surface area contributed by atoms with E-state index in [1.54, 1.807) is 17.0 Å². The maximum Gasteiger partial charge on any atom is 0.269 e. The number of anilines is 1. The number of allylic oxidation sites excluding steroid dienone is 1. The Morgan fingerprint density at radius 3 is 2.30 bits per heavy atom. The highest BCUT2D eigenvalue weighted by Crippen LogP contribution is 2.38. The fourth-order valence-corrected chi connectivity index (χ4v) is 5.72. The van der Waals surface area contributed by atoms with E-state index in [2.05, 4.69) is 39.4 Å². The molecule has 0 aromatic heterocycles. The molecule has 1 fully saturated rings. The summed E-state index contributed by atoms with van der Waals surface area (Å²) < 4.78 is 0. The number of aliphatic imine (C=N–C) groups is 1. The number of hydrogen-bond donors (Lipinski definition) is 1. The van der Waals surface area contributed by atoms with Crippen LogP contribution in [0.2, 0.25) is 0 Å². The molecule has 212 valence electrons. The van der Waals surface area contributed by atoms with Gasteiger partial charge in [0, 0.05) is 56.3 Å². The van der Waals surface area contributed by atoms with E-state index >= 15 is 0 Å². The number of carbonyl (C=O) groups is 2. The SMILES string of the molecule is CCC1=NC(CC)=C(N(C=O)CCCN2CCN(c3ccccc3)CC2)C(c2ccc([N+](=O)[O-])cc2)C1NC=O. The van der Waals surface area contributed by atoms with Crippen molar-refractivity contribution >= 4 is 29.9 Å². The van der Waals surface area contributed by atoms with E-state index in [4.69, 9.17) is 4.99 Å². The van der Waals surface area contributed by atoms with E-state index in [-0.39, 0.29) is 5.69 Å². The molecule has 4 rings (SSSR count). The van der Waals surface area contributed by atoms with Gasteiger partial charge in [-0.05, 0) is 43.5 Å². The molecule has 0 spiro atoms. The van der Waals surface area contributed by atoms with Gasteiger partial charge in [0.15, 0.2) is 0 Å². The molecular weight excluding hydrogens is 508 g/mol. The first-order valence-electron chi connectivity index (χ1n) is 14.0. The van der Waals surface area contributed by atoms with Crippen molar-refractivity contribution in [3.63, 3.8) is 0 Å². The summed E-state index contributed by atoms with van der Waals surface area (Å²) in [5.74, 6) is -0.395. The Bertz CT molecular complexity index is 1220. The number of piperazine rings is 1. The van der Waals surface area contributed by atoms with Crippen LogP contribution in [-0.2, 0) is 9.59 Å². The van der Waals surface area contributed by atoms with Crippen molar-refractivity contribution in [3.8, 4) is 0 Å². The van der Waals surface area contributed by atoms with Crippen LogP contribution in [0.1, 0.15) is 44.6 Å². The number of nitro groups is 1. The molecule has 2 atom stereocenters. The molecule has 0 radical (unpaired) electrons. The molecule has 2 aromatic rings. The summed E-state index contributed by atoms with van der Waals surface area (Å²) in [4.78, 5) is 46.4. The number of nitro benzene ring substituents is 1. The zero-order valence-corrected chi connectivity index (χ0v) is 23.2. The summed E-state index contributed by atoms with van der Waals surface area (Å²) >= 11 is 0. The highest BCUT2D eigenvalue weighted by Gasteiger charge is 2.37. The molecule has 2 aliphatic rings. The third kappa shape index (κ3) is 6.56. The van der Waals surface area contributed by atoms with Crippen molar-refractivity contribution in [2.24, 2.45) is 4.99 Å². The van der Waals surface area contributed by atoms with E-state index < -0.39 is 16.9 Å². The predicted molar refractivity (Wildman–Crippen MR) is 156 cm³/mol. The van der Waals surface area contributed by atoms with Crippen LogP contribution in [0.4, 0.5) is 11.4 Å². The number of nitrogens with zero attached hydrogens (tertiary/aromatic N) is 5. The van der Waals surface area contributed by atoms with Gasteiger partial charge < -0.3 is 15.1 Å². The van der Waals surface area contributed by atoms with Crippen LogP contribution in [0.5, 0.6) is 0 Å². The summed E-state index contributed by atoms with van der Waals surface area (Å²) in [5, 5.41) is 14.2. The second kappa shape index (κ2) is 13.8. The molecule has 0 saturated carbocycles. The van der Waals surface area contributed by atoms with Gasteiger partial charge in [-0.2, -0.15) is 0 Å². The number of benzene rings is 2. The maximum absolute atomic E-state index is 12.5. The van der Waals surface area contributed by atoms with E-state index in [0.717, 1.165) is 68.2 Å². The van der Waals surface area contributed by atoms with E-state index in [0.29, 0.717) is 25.8 Å². The normalized spacial score (nSPS) is 19.6. The van der Waals surface area contributed by atoms with Crippen LogP contribution in [-0.4, -0.2) is 78.6 Å². The molecule has 10 heteroatoms. The molecule has 40 heavy (non-hydrogen) atoms. The lowest BCUT2D eigenvalue weighted by Crippen LogP contribution is -2.48. The second-order valence-electron chi connectivity index (χ2n) is 10.0. The van der Waals surface area contributed by atoms with E-state index in [9.17, 15) is 19.7 Å². The van der Waals surface area contributed by atoms with Crippen LogP contribution in [0.3, 0.4) is 0 Å². The largest absolute Gasteiger partial charge is 0.369 e. The summed E-state index contributed by atoms with van der Waals surface area (Å²) in [6, 6.07) is 16.3. The number of carbonyl (C=O) groups excluding carboxylic acids is 2. The average molecular weight is 547 g/mol. The van der Waals surface area contributed by atoms with Gasteiger partial charge in [0.25, 0.3) is 5.69 Å². The highest BCUT2D eigenvalue weighted by atomic mass is 16.6. The third-order valence-electron chi connectivity index (χ3n) is 7.77. The van der Waals surface area contributed by atoms with Gasteiger partial charge in [-0.1, -0.05) is 44.2 Å². The molecule has 2 unspecified atom stereocenters. The quantitative estimate of drug-likeness (QED) is 0.231. The smallest absolute Gasteiger partial charge is 0.269 e. The van der Waals surface area contributed by atoms with E-state index in [1.807, 2.05) is 19.9 Å². The van der Waals surface area contributed by atoms with Crippen molar-refractivity contribution < 1.29 is 14.5 Å². The lowest BCUT2D eigenvalue weighted by molar-refractivity contribution is -0.384. The zero-order chi connectivity index (χ0) is 28.5. The average Bonchev–Trinajstić information content (AvgIpc) is 3.00. The number of para-hydroxylation sites is 1. The van der Waals surface area contributed by atoms with Crippen molar-refractivity contribution in [1.29, 1.82) is 0 Å². The molecule has 2 amide bonds. The van der Waals surface area contributed by atoms with Crippen LogP contribution in [0, 0.1) is 10.1 Å². The zero-order valence-electron chi connectivity index (χ0n) is 23.2. The molecule has 0 bridgehead atoms. The Balaban J connectivity index is 1.52. The molecule has 10 nitrogen and oxygen atoms in total. The topological polar surface area (TPSA) is 111 Å². The predicted octanol–water partition coefficient (Wildman–Crippen LogP) is 3.95. The Hall–Kier alpha value is -4.05. The van der Waals surface area contributed by atoms with Crippen LogP contribution in [0.25, 0.3) is 0 Å². The van der Waals surface area contributed by atoms with Gasteiger partial charge in [0.1, 0.15) is 0 Å². The number of nitrogens with one attached hydrogen (secondary N) is 1. The Kier molecular flexibility index (Phi) is 10.0. The second-order valence-corrected chi connectivity index (χ2v) is 10.0. The molecule has 2 heterocycles. The molecular formula is C30H38N6O4. The van der Waals surface area contributed by atoms with Crippen molar-refractivity contribution in [2.75, 3.05) is 44.2 Å². The van der Waals surface area contributed by atoms with Gasteiger partial charge in [0.05, 0.1) is 28.3 Å². The van der Waals surface area contributed by atoms with Crippen LogP contribution < -0.4 is 10.2 Å². The number of rotatable bonds is 13. The van der Waals surface area contributed by atoms with Gasteiger partial charge >= 0.3 is 0 Å². The molecule has 0 aliphatic carbocycles. The fourth-order valence-electron chi connectivity index (χ4n) is 5.72. The monoisotopic (exact) mass is 546 g/mol. The molecule has 2 aliphatic heterocycles. The fraction of sp³-hybridized carbons (Fsp3) is 0.433. The van der Waals surface area contributed by atoms with Crippen molar-refractivity contribution in [3.05, 3.63) is 81.7 Å². The first kappa shape index (κ1) is 28.9. The molecule has 1 saturated heterocycles. The standard InChI is InChI=1S/C30H38N6O4/c1-3-26-29(31-21-37)28(23-11-13-25(14-12-23)36(39)40)30(27(4-2)32-26)35(22-38)16-8-15-33-17-19-34(20-18-33)24-9-6-5-7-10-24/h5-7,9-14,21-22,28-29H,3-4,8,15-20H2,1-2H3,(H,31,37). The first-order valence-corrected chi connectivity index (χ1v) is 14.0. The lowest BCUT2D eigenvalue weighted by Gasteiger charge is -2.39. The summed E-state index contributed by atoms with van der Waals surface area (Å²) in [6.45, 7) is 9.20. The summed E-state index contributed by atoms with van der Waals surface area (Å²) in [7, 11) is 0. The lowest BCUT2D eigenvalue weighted by atomic mass is 9.81. The van der Waals surface area contributed by atoms with Crippen molar-refractivity contribution in [2.45, 2.75) is 45.1 Å². The third-order valence-corrected chi connectivity index (χ3v) is 7.77. The minimum atomic E-state index is -0.456. The molecule has 1 N–H and O–H groups in total. The minimum Gasteiger partial charge on any atom is -0.369 e. The number of non-ortho nitro benzene ring substituents is 1. The van der Waals surface area contributed by atoms with Gasteiger partial charge in [-0.3, -0.25) is 29.6 Å². The Morgan fingerprint density at radius 1 is 1.02 bits per heavy atom. The van der Waals surface area contributed by atoms with Gasteiger partial charge in [-0.25, -0.2) is 0 Å². The maximum atomic E-state index is 12.5. The first-order chi connectivity index (χ1) is 19.5. The highest BCUT2D eigenvalue weighted by molar-refractivity contribution is 5.94. The number of hydrogen-bond acceptors (Lipinski definition) is 7. The Labute approximate surface area is 235 Å². The van der Waals surface area contributed by atoms with Crippen LogP contribution in [0.15, 0.2) is 71.0 Å². The van der Waals surface area contributed by atoms with Crippen LogP contribution >= 0.6 is 0 Å². The minimum absolute atomic E-state index is 0.00955. The van der Waals surface area contributed by atoms with Crippen molar-refractivity contribution in [1.82, 2.24) is 15.1 Å². The summed E-state index contributed by atoms with van der Waals surface area (Å²) in [6.07, 6.45) is 3.53. The van der Waals surface area contributed by atoms with Gasteiger partial charge in [0.2, 0.25) is 12.8 Å². The van der Waals surface area contributed by atoms with E-state index in [1.165, 1.54) is 17.8 Å². The number of amides is 2.